The molecule has 0 radical (unpaired) electrons. The topological polar surface area (TPSA) is 92.8 Å². The second-order valence-electron chi connectivity index (χ2n) is 9.96. The summed E-state index contributed by atoms with van der Waals surface area (Å²) in [4.78, 5) is 31.9. The van der Waals surface area contributed by atoms with Crippen molar-refractivity contribution < 1.29 is 4.74 Å². The van der Waals surface area contributed by atoms with Crippen LogP contribution in [-0.4, -0.2) is 76.5 Å². The normalized spacial score (nSPS) is 21.8. The van der Waals surface area contributed by atoms with Crippen molar-refractivity contribution in [3.05, 3.63) is 65.1 Å². The first-order valence-electron chi connectivity index (χ1n) is 12.8. The first kappa shape index (κ1) is 23.5. The molecular formula is C27H32N8O2. The number of dihydropyridines is 1. The van der Waals surface area contributed by atoms with Crippen LogP contribution in [0.15, 0.2) is 64.6 Å². The highest BCUT2D eigenvalue weighted by Crippen LogP contribution is 2.30. The number of rotatable bonds is 6. The van der Waals surface area contributed by atoms with Gasteiger partial charge in [-0.15, -0.1) is 6.58 Å². The maximum absolute atomic E-state index is 13.3. The molecule has 0 amide bonds. The number of ether oxygens (including phenoxy) is 1. The number of aromatic nitrogens is 4. The summed E-state index contributed by atoms with van der Waals surface area (Å²) in [6.07, 6.45) is 5.48. The van der Waals surface area contributed by atoms with Gasteiger partial charge in [0.15, 0.2) is 5.65 Å². The average Bonchev–Trinajstić information content (AvgIpc) is 3.41. The molecule has 192 valence electrons. The van der Waals surface area contributed by atoms with E-state index in [1.807, 2.05) is 16.8 Å². The van der Waals surface area contributed by atoms with Crippen molar-refractivity contribution in [1.82, 2.24) is 24.2 Å². The Labute approximate surface area is 215 Å². The summed E-state index contributed by atoms with van der Waals surface area (Å²) in [5, 5.41) is 3.79. The van der Waals surface area contributed by atoms with E-state index >= 15 is 0 Å². The van der Waals surface area contributed by atoms with Gasteiger partial charge in [0.2, 0.25) is 11.8 Å². The standard InChI is InChI=1S/C27H32N8O2/c1-4-9-34-26(36)23-16-29-27(30-19-5-7-20(8-6-19)33-12-10-32(3)11-13-33)31-24(23)35(34)21-14-22-18(2)17-37-25(22)28-15-21/h4-8,14,16,18,21H,1,9-13,15,17H2,2-3H3,(H,29,30,31). The zero-order valence-corrected chi connectivity index (χ0v) is 21.3. The number of hydrogen-bond acceptors (Lipinski definition) is 8. The summed E-state index contributed by atoms with van der Waals surface area (Å²) in [5.74, 6) is 1.42. The molecule has 6 rings (SSSR count). The van der Waals surface area contributed by atoms with Crippen LogP contribution < -0.4 is 15.8 Å². The minimum Gasteiger partial charge on any atom is -0.477 e. The zero-order valence-electron chi connectivity index (χ0n) is 21.3. The number of hydrogen-bond donors (Lipinski definition) is 1. The third kappa shape index (κ3) is 4.31. The lowest BCUT2D eigenvalue weighted by Crippen LogP contribution is -2.44. The van der Waals surface area contributed by atoms with E-state index in [1.165, 1.54) is 5.69 Å². The van der Waals surface area contributed by atoms with Crippen molar-refractivity contribution in [2.45, 2.75) is 19.5 Å². The van der Waals surface area contributed by atoms with E-state index in [4.69, 9.17) is 9.72 Å². The molecule has 10 nitrogen and oxygen atoms in total. The van der Waals surface area contributed by atoms with Crippen molar-refractivity contribution in [1.29, 1.82) is 0 Å². The summed E-state index contributed by atoms with van der Waals surface area (Å²) in [5.41, 5.74) is 3.62. The third-order valence-electron chi connectivity index (χ3n) is 7.36. The molecule has 10 heteroatoms. The molecule has 0 aliphatic carbocycles. The number of nitrogens with one attached hydrogen (secondary N) is 1. The molecule has 2 unspecified atom stereocenters. The number of anilines is 3. The van der Waals surface area contributed by atoms with Gasteiger partial charge in [-0.1, -0.05) is 13.0 Å². The molecule has 37 heavy (non-hydrogen) atoms. The Morgan fingerprint density at radius 1 is 1.19 bits per heavy atom. The molecule has 5 heterocycles. The molecular weight excluding hydrogens is 468 g/mol. The molecule has 0 saturated carbocycles. The zero-order chi connectivity index (χ0) is 25.5. The third-order valence-corrected chi connectivity index (χ3v) is 7.36. The smallest absolute Gasteiger partial charge is 0.278 e. The predicted molar refractivity (Wildman–Crippen MR) is 146 cm³/mol. The summed E-state index contributed by atoms with van der Waals surface area (Å²) >= 11 is 0. The fourth-order valence-corrected chi connectivity index (χ4v) is 5.23. The number of aliphatic imine (C=N–C) groups is 1. The van der Waals surface area contributed by atoms with Crippen LogP contribution in [0, 0.1) is 5.92 Å². The number of fused-ring (bicyclic) bond motifs is 2. The Bertz CT molecular complexity index is 1440. The van der Waals surface area contributed by atoms with Crippen molar-refractivity contribution in [2.24, 2.45) is 10.9 Å². The molecule has 1 aromatic carbocycles. The lowest BCUT2D eigenvalue weighted by atomic mass is 10.00. The van der Waals surface area contributed by atoms with E-state index in [2.05, 4.69) is 63.9 Å². The first-order chi connectivity index (χ1) is 18.0. The molecule has 0 spiro atoms. The number of nitrogens with zero attached hydrogens (tertiary/aromatic N) is 7. The molecule has 2 aromatic heterocycles. The molecule has 0 bridgehead atoms. The molecule has 1 N–H and O–H groups in total. The van der Waals surface area contributed by atoms with Gasteiger partial charge >= 0.3 is 0 Å². The second-order valence-corrected chi connectivity index (χ2v) is 9.96. The highest BCUT2D eigenvalue weighted by molar-refractivity contribution is 5.96. The minimum absolute atomic E-state index is 0.137. The van der Waals surface area contributed by atoms with E-state index in [0.717, 1.165) is 43.3 Å². The Balaban J connectivity index is 1.31. The Hall–Kier alpha value is -3.92. The monoisotopic (exact) mass is 500 g/mol. The number of benzene rings is 1. The van der Waals surface area contributed by atoms with Crippen LogP contribution in [0.2, 0.25) is 0 Å². The van der Waals surface area contributed by atoms with Crippen LogP contribution in [0.1, 0.15) is 13.0 Å². The average molecular weight is 501 g/mol. The van der Waals surface area contributed by atoms with Crippen molar-refractivity contribution >= 4 is 34.3 Å². The van der Waals surface area contributed by atoms with Gasteiger partial charge in [-0.2, -0.15) is 4.98 Å². The first-order valence-corrected chi connectivity index (χ1v) is 12.8. The van der Waals surface area contributed by atoms with E-state index in [9.17, 15) is 4.79 Å². The second kappa shape index (κ2) is 9.51. The van der Waals surface area contributed by atoms with Crippen molar-refractivity contribution in [3.8, 4) is 0 Å². The maximum atomic E-state index is 13.3. The number of likely N-dealkylation sites (N-methyl/N-ethyl adjacent to an activating group) is 1. The van der Waals surface area contributed by atoms with Gasteiger partial charge in [0.1, 0.15) is 5.39 Å². The van der Waals surface area contributed by atoms with Crippen LogP contribution in [0.25, 0.3) is 11.0 Å². The number of piperazine rings is 1. The number of allylic oxidation sites excluding steroid dienone is 1. The quantitative estimate of drug-likeness (QED) is 0.521. The van der Waals surface area contributed by atoms with Crippen LogP contribution in [0.5, 0.6) is 0 Å². The van der Waals surface area contributed by atoms with Crippen molar-refractivity contribution in [2.75, 3.05) is 56.6 Å². The van der Waals surface area contributed by atoms with Gasteiger partial charge in [-0.05, 0) is 37.4 Å². The van der Waals surface area contributed by atoms with Crippen LogP contribution >= 0.6 is 0 Å². The van der Waals surface area contributed by atoms with Crippen LogP contribution in [0.3, 0.4) is 0 Å². The molecule has 2 fully saturated rings. The van der Waals surface area contributed by atoms with Crippen LogP contribution in [0.4, 0.5) is 17.3 Å². The van der Waals surface area contributed by atoms with E-state index in [-0.39, 0.29) is 17.5 Å². The van der Waals surface area contributed by atoms with Gasteiger partial charge in [0.25, 0.3) is 5.56 Å². The Morgan fingerprint density at radius 3 is 2.73 bits per heavy atom. The van der Waals surface area contributed by atoms with Gasteiger partial charge in [-0.3, -0.25) is 9.48 Å². The lowest BCUT2D eigenvalue weighted by molar-refractivity contribution is 0.310. The lowest BCUT2D eigenvalue weighted by Gasteiger charge is -2.34. The van der Waals surface area contributed by atoms with Crippen molar-refractivity contribution in [3.63, 3.8) is 0 Å². The highest BCUT2D eigenvalue weighted by atomic mass is 16.5. The summed E-state index contributed by atoms with van der Waals surface area (Å²) in [6, 6.07) is 8.17. The maximum Gasteiger partial charge on any atom is 0.278 e. The fourth-order valence-electron chi connectivity index (χ4n) is 5.23. The predicted octanol–water partition coefficient (Wildman–Crippen LogP) is 2.82. The molecule has 2 saturated heterocycles. The summed E-state index contributed by atoms with van der Waals surface area (Å²) < 4.78 is 9.31. The van der Waals surface area contributed by atoms with E-state index in [0.29, 0.717) is 36.7 Å². The minimum atomic E-state index is -0.154. The summed E-state index contributed by atoms with van der Waals surface area (Å²) in [6.45, 7) is 11.6. The van der Waals surface area contributed by atoms with E-state index in [1.54, 1.807) is 17.0 Å². The SMILES string of the molecule is C=CCn1c(=O)c2cnc(Nc3ccc(N4CCN(C)CC4)cc3)nc2n1C1C=C2C(=NC1)OCC2C. The van der Waals surface area contributed by atoms with Gasteiger partial charge in [-0.25, -0.2) is 14.7 Å². The van der Waals surface area contributed by atoms with Gasteiger partial charge in [0.05, 0.1) is 25.7 Å². The highest BCUT2D eigenvalue weighted by Gasteiger charge is 2.31. The van der Waals surface area contributed by atoms with E-state index < -0.39 is 0 Å². The Kier molecular flexibility index (Phi) is 6.03. The summed E-state index contributed by atoms with van der Waals surface area (Å²) in [7, 11) is 2.16. The van der Waals surface area contributed by atoms with Gasteiger partial charge < -0.3 is 19.9 Å². The molecule has 3 aromatic rings. The molecule has 3 aliphatic rings. The largest absolute Gasteiger partial charge is 0.477 e. The van der Waals surface area contributed by atoms with Crippen LogP contribution in [-0.2, 0) is 11.3 Å². The molecule has 2 atom stereocenters. The Morgan fingerprint density at radius 2 is 1.97 bits per heavy atom. The van der Waals surface area contributed by atoms with Gasteiger partial charge in [0, 0.05) is 55.2 Å². The molecule has 3 aliphatic heterocycles. The fraction of sp³-hybridized carbons (Fsp3) is 0.407.